The number of hydrogen-bond donors (Lipinski definition) is 1. The third-order valence-corrected chi connectivity index (χ3v) is 2.47. The molecule has 1 aromatic rings. The van der Waals surface area contributed by atoms with Gasteiger partial charge in [0.1, 0.15) is 5.60 Å². The van der Waals surface area contributed by atoms with E-state index in [2.05, 4.69) is 6.58 Å². The van der Waals surface area contributed by atoms with Crippen LogP contribution in [-0.2, 0) is 5.60 Å². The Morgan fingerprint density at radius 3 is 2.31 bits per heavy atom. The highest BCUT2D eigenvalue weighted by Gasteiger charge is 2.27. The number of aliphatic hydroxyl groups is 1. The second kappa shape index (κ2) is 3.75. The van der Waals surface area contributed by atoms with E-state index in [9.17, 15) is 5.11 Å². The zero-order valence-corrected chi connectivity index (χ0v) is 8.25. The van der Waals surface area contributed by atoms with Crippen molar-refractivity contribution in [3.05, 3.63) is 48.0 Å². The predicted octanol–water partition coefficient (Wildman–Crippen LogP) is 2.86. The molecule has 70 valence electrons. The van der Waals surface area contributed by atoms with Crippen LogP contribution in [0.25, 0.3) is 0 Å². The summed E-state index contributed by atoms with van der Waals surface area (Å²) in [6, 6.07) is 9.66. The van der Waals surface area contributed by atoms with Gasteiger partial charge in [0.25, 0.3) is 0 Å². The van der Waals surface area contributed by atoms with Gasteiger partial charge in [0.2, 0.25) is 0 Å². The molecular weight excluding hydrogens is 160 g/mol. The topological polar surface area (TPSA) is 20.2 Å². The Balaban J connectivity index is 3.11. The summed E-state index contributed by atoms with van der Waals surface area (Å²) in [6.45, 7) is 7.64. The van der Waals surface area contributed by atoms with Gasteiger partial charge in [0.05, 0.1) is 0 Å². The minimum atomic E-state index is -0.860. The molecule has 0 saturated carbocycles. The highest BCUT2D eigenvalue weighted by atomic mass is 16.3. The van der Waals surface area contributed by atoms with E-state index in [1.807, 2.05) is 44.2 Å². The first kappa shape index (κ1) is 10.0. The van der Waals surface area contributed by atoms with Crippen LogP contribution in [0.5, 0.6) is 0 Å². The van der Waals surface area contributed by atoms with Crippen molar-refractivity contribution in [3.63, 3.8) is 0 Å². The molecule has 1 atom stereocenters. The Hall–Kier alpha value is -1.08. The summed E-state index contributed by atoms with van der Waals surface area (Å²) in [5.74, 6) is 0. The van der Waals surface area contributed by atoms with E-state index < -0.39 is 5.60 Å². The fourth-order valence-electron chi connectivity index (χ4n) is 1.47. The van der Waals surface area contributed by atoms with Crippen LogP contribution in [0.1, 0.15) is 25.8 Å². The van der Waals surface area contributed by atoms with E-state index in [4.69, 9.17) is 0 Å². The second-order valence-electron chi connectivity index (χ2n) is 3.36. The summed E-state index contributed by atoms with van der Waals surface area (Å²) in [4.78, 5) is 0. The largest absolute Gasteiger partial charge is 0.381 e. The van der Waals surface area contributed by atoms with Gasteiger partial charge in [-0.25, -0.2) is 0 Å². The molecule has 0 saturated heterocycles. The molecule has 0 spiro atoms. The molecule has 1 heteroatoms. The van der Waals surface area contributed by atoms with Gasteiger partial charge in [0, 0.05) is 0 Å². The van der Waals surface area contributed by atoms with Crippen molar-refractivity contribution in [2.45, 2.75) is 25.9 Å². The van der Waals surface area contributed by atoms with E-state index >= 15 is 0 Å². The zero-order chi connectivity index (χ0) is 9.90. The Morgan fingerprint density at radius 2 is 1.92 bits per heavy atom. The Kier molecular flexibility index (Phi) is 2.89. The maximum absolute atomic E-state index is 10.3. The highest BCUT2D eigenvalue weighted by molar-refractivity contribution is 5.30. The van der Waals surface area contributed by atoms with E-state index in [-0.39, 0.29) is 0 Å². The van der Waals surface area contributed by atoms with Gasteiger partial charge in [-0.1, -0.05) is 43.8 Å². The number of benzene rings is 1. The highest BCUT2D eigenvalue weighted by Crippen LogP contribution is 2.30. The lowest BCUT2D eigenvalue weighted by atomic mass is 9.85. The Bertz CT molecular complexity index is 289. The molecule has 0 aliphatic heterocycles. The van der Waals surface area contributed by atoms with Crippen LogP contribution in [0.4, 0.5) is 0 Å². The fraction of sp³-hybridized carbons (Fsp3) is 0.333. The SMILES string of the molecule is C=C(C)[C@@](O)(CC)c1ccccc1. The summed E-state index contributed by atoms with van der Waals surface area (Å²) < 4.78 is 0. The van der Waals surface area contributed by atoms with Crippen molar-refractivity contribution < 1.29 is 5.11 Å². The Morgan fingerprint density at radius 1 is 1.38 bits per heavy atom. The van der Waals surface area contributed by atoms with Crippen molar-refractivity contribution in [1.82, 2.24) is 0 Å². The maximum Gasteiger partial charge on any atom is 0.110 e. The van der Waals surface area contributed by atoms with Crippen LogP contribution in [0, 0.1) is 0 Å². The van der Waals surface area contributed by atoms with Gasteiger partial charge < -0.3 is 5.11 Å². The number of hydrogen-bond acceptors (Lipinski definition) is 1. The standard InChI is InChI=1S/C12H16O/c1-4-12(13,10(2)3)11-8-6-5-7-9-11/h5-9,13H,2,4H2,1,3H3/t12-/m0/s1. The molecule has 1 N–H and O–H groups in total. The maximum atomic E-state index is 10.3. The summed E-state index contributed by atoms with van der Waals surface area (Å²) in [7, 11) is 0. The van der Waals surface area contributed by atoms with E-state index in [0.29, 0.717) is 6.42 Å². The van der Waals surface area contributed by atoms with Crippen LogP contribution in [0.15, 0.2) is 42.5 Å². The van der Waals surface area contributed by atoms with E-state index in [0.717, 1.165) is 11.1 Å². The predicted molar refractivity (Wildman–Crippen MR) is 55.4 cm³/mol. The first-order valence-electron chi connectivity index (χ1n) is 4.55. The van der Waals surface area contributed by atoms with Crippen molar-refractivity contribution in [2.24, 2.45) is 0 Å². The van der Waals surface area contributed by atoms with Crippen LogP contribution in [0.3, 0.4) is 0 Å². The Labute approximate surface area is 79.7 Å². The monoisotopic (exact) mass is 176 g/mol. The van der Waals surface area contributed by atoms with Crippen LogP contribution in [-0.4, -0.2) is 5.11 Å². The fourth-order valence-corrected chi connectivity index (χ4v) is 1.47. The van der Waals surface area contributed by atoms with Gasteiger partial charge >= 0.3 is 0 Å². The van der Waals surface area contributed by atoms with Gasteiger partial charge in [-0.05, 0) is 24.5 Å². The van der Waals surface area contributed by atoms with Crippen molar-refractivity contribution >= 4 is 0 Å². The lowest BCUT2D eigenvalue weighted by Crippen LogP contribution is -2.25. The molecule has 0 bridgehead atoms. The molecular formula is C12H16O. The minimum Gasteiger partial charge on any atom is -0.381 e. The molecule has 0 radical (unpaired) electrons. The lowest BCUT2D eigenvalue weighted by Gasteiger charge is -2.27. The quantitative estimate of drug-likeness (QED) is 0.702. The third kappa shape index (κ3) is 1.81. The minimum absolute atomic E-state index is 0.659. The number of rotatable bonds is 3. The summed E-state index contributed by atoms with van der Waals surface area (Å²) >= 11 is 0. The molecule has 1 rings (SSSR count). The van der Waals surface area contributed by atoms with Crippen molar-refractivity contribution in [3.8, 4) is 0 Å². The van der Waals surface area contributed by atoms with Crippen molar-refractivity contribution in [2.75, 3.05) is 0 Å². The van der Waals surface area contributed by atoms with Crippen molar-refractivity contribution in [1.29, 1.82) is 0 Å². The molecule has 1 aromatic carbocycles. The van der Waals surface area contributed by atoms with Gasteiger partial charge in [0.15, 0.2) is 0 Å². The average Bonchev–Trinajstić information content (AvgIpc) is 2.17. The molecule has 0 aliphatic carbocycles. The second-order valence-corrected chi connectivity index (χ2v) is 3.36. The van der Waals surface area contributed by atoms with Gasteiger partial charge in [-0.2, -0.15) is 0 Å². The normalized spacial score (nSPS) is 15.0. The van der Waals surface area contributed by atoms with Crippen LogP contribution >= 0.6 is 0 Å². The van der Waals surface area contributed by atoms with Crippen LogP contribution < -0.4 is 0 Å². The lowest BCUT2D eigenvalue weighted by molar-refractivity contribution is 0.0725. The molecule has 0 fully saturated rings. The first-order valence-corrected chi connectivity index (χ1v) is 4.55. The smallest absolute Gasteiger partial charge is 0.110 e. The van der Waals surface area contributed by atoms with E-state index in [1.165, 1.54) is 0 Å². The third-order valence-electron chi connectivity index (χ3n) is 2.47. The van der Waals surface area contributed by atoms with Crippen LogP contribution in [0.2, 0.25) is 0 Å². The summed E-state index contributed by atoms with van der Waals surface area (Å²) in [5.41, 5.74) is 0.854. The molecule has 13 heavy (non-hydrogen) atoms. The average molecular weight is 176 g/mol. The first-order chi connectivity index (χ1) is 6.11. The summed E-state index contributed by atoms with van der Waals surface area (Å²) in [5, 5.41) is 10.3. The van der Waals surface area contributed by atoms with E-state index in [1.54, 1.807) is 0 Å². The molecule has 0 unspecified atom stereocenters. The molecule has 0 amide bonds. The summed E-state index contributed by atoms with van der Waals surface area (Å²) in [6.07, 6.45) is 0.659. The zero-order valence-electron chi connectivity index (χ0n) is 8.25. The molecule has 1 nitrogen and oxygen atoms in total. The molecule has 0 heterocycles. The molecule has 0 aliphatic rings. The van der Waals surface area contributed by atoms with Gasteiger partial charge in [-0.15, -0.1) is 0 Å². The molecule has 0 aromatic heterocycles. The van der Waals surface area contributed by atoms with Gasteiger partial charge in [-0.3, -0.25) is 0 Å².